The van der Waals surface area contributed by atoms with Gasteiger partial charge in [0.25, 0.3) is 0 Å². The molecule has 0 unspecified atom stereocenters. The first-order valence-corrected chi connectivity index (χ1v) is 6.55. The SMILES string of the molecule is CCN1C(=O)OC[C@H]1C(=O)NCc1ccc(F)cc1Cl. The fourth-order valence-electron chi connectivity index (χ4n) is 1.98. The summed E-state index contributed by atoms with van der Waals surface area (Å²) >= 11 is 5.87. The van der Waals surface area contributed by atoms with Gasteiger partial charge in [0.1, 0.15) is 18.5 Å². The Kier molecular flexibility index (Phi) is 4.44. The van der Waals surface area contributed by atoms with Crippen LogP contribution in [-0.2, 0) is 16.1 Å². The number of nitrogens with one attached hydrogen (secondary N) is 1. The van der Waals surface area contributed by atoms with Gasteiger partial charge < -0.3 is 10.1 Å². The summed E-state index contributed by atoms with van der Waals surface area (Å²) in [5, 5.41) is 2.91. The van der Waals surface area contributed by atoms with Crippen molar-refractivity contribution >= 4 is 23.6 Å². The Morgan fingerprint density at radius 2 is 2.35 bits per heavy atom. The van der Waals surface area contributed by atoms with Gasteiger partial charge in [0.2, 0.25) is 5.91 Å². The van der Waals surface area contributed by atoms with Crippen LogP contribution in [0.1, 0.15) is 12.5 Å². The second kappa shape index (κ2) is 6.09. The molecule has 1 N–H and O–H groups in total. The van der Waals surface area contributed by atoms with Crippen molar-refractivity contribution in [2.24, 2.45) is 0 Å². The maximum absolute atomic E-state index is 12.9. The Balaban J connectivity index is 1.97. The fourth-order valence-corrected chi connectivity index (χ4v) is 2.22. The van der Waals surface area contributed by atoms with Gasteiger partial charge in [0.05, 0.1) is 0 Å². The lowest BCUT2D eigenvalue weighted by atomic mass is 10.2. The number of halogens is 2. The molecule has 0 radical (unpaired) electrons. The third kappa shape index (κ3) is 3.01. The van der Waals surface area contributed by atoms with Crippen LogP contribution in [0.3, 0.4) is 0 Å². The van der Waals surface area contributed by atoms with E-state index in [4.69, 9.17) is 16.3 Å². The number of benzene rings is 1. The Bertz CT molecular complexity index is 538. The smallest absolute Gasteiger partial charge is 0.410 e. The van der Waals surface area contributed by atoms with Gasteiger partial charge >= 0.3 is 6.09 Å². The van der Waals surface area contributed by atoms with E-state index in [-0.39, 0.29) is 24.1 Å². The van der Waals surface area contributed by atoms with Crippen molar-refractivity contribution in [1.82, 2.24) is 10.2 Å². The minimum Gasteiger partial charge on any atom is -0.447 e. The number of hydrogen-bond donors (Lipinski definition) is 1. The van der Waals surface area contributed by atoms with Gasteiger partial charge in [-0.1, -0.05) is 17.7 Å². The van der Waals surface area contributed by atoms with E-state index in [1.807, 2.05) is 0 Å². The van der Waals surface area contributed by atoms with E-state index in [1.165, 1.54) is 23.1 Å². The molecule has 108 valence electrons. The van der Waals surface area contributed by atoms with E-state index < -0.39 is 18.0 Å². The molecular weight excluding hydrogens is 287 g/mol. The molecule has 1 fully saturated rings. The molecule has 7 heteroatoms. The lowest BCUT2D eigenvalue weighted by Crippen LogP contribution is -2.45. The van der Waals surface area contributed by atoms with Crippen LogP contribution in [-0.4, -0.2) is 36.1 Å². The molecule has 1 saturated heterocycles. The van der Waals surface area contributed by atoms with Gasteiger partial charge in [-0.3, -0.25) is 9.69 Å². The van der Waals surface area contributed by atoms with Crippen molar-refractivity contribution in [3.8, 4) is 0 Å². The Labute approximate surface area is 120 Å². The number of ether oxygens (including phenoxy) is 1. The lowest BCUT2D eigenvalue weighted by molar-refractivity contribution is -0.125. The van der Waals surface area contributed by atoms with Gasteiger partial charge in [-0.05, 0) is 24.6 Å². The van der Waals surface area contributed by atoms with Crippen LogP contribution < -0.4 is 5.32 Å². The average Bonchev–Trinajstić information content (AvgIpc) is 2.78. The molecule has 0 spiro atoms. The van der Waals surface area contributed by atoms with Gasteiger partial charge in [0.15, 0.2) is 0 Å². The van der Waals surface area contributed by atoms with E-state index in [2.05, 4.69) is 5.32 Å². The molecule has 2 amide bonds. The maximum Gasteiger partial charge on any atom is 0.410 e. The Morgan fingerprint density at radius 3 is 3.00 bits per heavy atom. The summed E-state index contributed by atoms with van der Waals surface area (Å²) in [6.45, 7) is 2.37. The lowest BCUT2D eigenvalue weighted by Gasteiger charge is -2.18. The topological polar surface area (TPSA) is 58.6 Å². The molecule has 20 heavy (non-hydrogen) atoms. The molecule has 0 aliphatic carbocycles. The highest BCUT2D eigenvalue weighted by Gasteiger charge is 2.36. The number of rotatable bonds is 4. The number of carbonyl (C=O) groups is 2. The van der Waals surface area contributed by atoms with Crippen LogP contribution in [0.25, 0.3) is 0 Å². The summed E-state index contributed by atoms with van der Waals surface area (Å²) in [5.41, 5.74) is 0.606. The van der Waals surface area contributed by atoms with Gasteiger partial charge in [-0.25, -0.2) is 9.18 Å². The highest BCUT2D eigenvalue weighted by Crippen LogP contribution is 2.17. The predicted octanol–water partition coefficient (Wildman–Crippen LogP) is 1.94. The van der Waals surface area contributed by atoms with Crippen molar-refractivity contribution in [3.63, 3.8) is 0 Å². The van der Waals surface area contributed by atoms with E-state index >= 15 is 0 Å². The van der Waals surface area contributed by atoms with Crippen molar-refractivity contribution in [3.05, 3.63) is 34.6 Å². The second-order valence-corrected chi connectivity index (χ2v) is 4.74. The molecular formula is C13H14ClFN2O3. The Morgan fingerprint density at radius 1 is 1.60 bits per heavy atom. The van der Waals surface area contributed by atoms with E-state index in [0.29, 0.717) is 12.1 Å². The standard InChI is InChI=1S/C13H14ClFN2O3/c1-2-17-11(7-20-13(17)19)12(18)16-6-8-3-4-9(15)5-10(8)14/h3-5,11H,2,6-7H2,1H3,(H,16,18)/t11-/m0/s1. The molecule has 1 aromatic carbocycles. The molecule has 2 rings (SSSR count). The summed E-state index contributed by atoms with van der Waals surface area (Å²) < 4.78 is 17.7. The van der Waals surface area contributed by atoms with Crippen LogP contribution in [0.15, 0.2) is 18.2 Å². The zero-order valence-electron chi connectivity index (χ0n) is 10.9. The third-order valence-corrected chi connectivity index (χ3v) is 3.44. The number of nitrogens with zero attached hydrogens (tertiary/aromatic N) is 1. The van der Waals surface area contributed by atoms with Crippen molar-refractivity contribution < 1.29 is 18.7 Å². The molecule has 0 aromatic heterocycles. The molecule has 1 atom stereocenters. The first kappa shape index (κ1) is 14.6. The quantitative estimate of drug-likeness (QED) is 0.924. The van der Waals surface area contributed by atoms with Crippen molar-refractivity contribution in [2.45, 2.75) is 19.5 Å². The highest BCUT2D eigenvalue weighted by molar-refractivity contribution is 6.31. The second-order valence-electron chi connectivity index (χ2n) is 4.33. The summed E-state index contributed by atoms with van der Waals surface area (Å²) in [4.78, 5) is 24.7. The summed E-state index contributed by atoms with van der Waals surface area (Å²) in [7, 11) is 0. The van der Waals surface area contributed by atoms with Crippen LogP contribution in [0, 0.1) is 5.82 Å². The summed E-state index contributed by atoms with van der Waals surface area (Å²) in [6.07, 6.45) is -0.493. The number of amides is 2. The van der Waals surface area contributed by atoms with E-state index in [9.17, 15) is 14.0 Å². The van der Waals surface area contributed by atoms with Gasteiger partial charge in [-0.15, -0.1) is 0 Å². The highest BCUT2D eigenvalue weighted by atomic mass is 35.5. The molecule has 5 nitrogen and oxygen atoms in total. The molecule has 1 aromatic rings. The maximum atomic E-state index is 12.9. The fraction of sp³-hybridized carbons (Fsp3) is 0.385. The minimum absolute atomic E-state index is 0.0374. The minimum atomic E-state index is -0.633. The van der Waals surface area contributed by atoms with Gasteiger partial charge in [-0.2, -0.15) is 0 Å². The predicted molar refractivity (Wildman–Crippen MR) is 70.8 cm³/mol. The zero-order chi connectivity index (χ0) is 14.7. The average molecular weight is 301 g/mol. The first-order chi connectivity index (χ1) is 9.52. The molecule has 0 bridgehead atoms. The number of carbonyl (C=O) groups excluding carboxylic acids is 2. The molecule has 1 aliphatic heterocycles. The monoisotopic (exact) mass is 300 g/mol. The van der Waals surface area contributed by atoms with Crippen LogP contribution >= 0.6 is 11.6 Å². The normalized spacial score (nSPS) is 18.1. The summed E-state index contributed by atoms with van der Waals surface area (Å²) in [6, 6.07) is 3.33. The summed E-state index contributed by atoms with van der Waals surface area (Å²) in [5.74, 6) is -0.755. The number of cyclic esters (lactones) is 1. The Hall–Kier alpha value is -1.82. The van der Waals surface area contributed by atoms with Gasteiger partial charge in [0, 0.05) is 18.1 Å². The number of hydrogen-bond acceptors (Lipinski definition) is 3. The molecule has 1 heterocycles. The molecule has 1 aliphatic rings. The van der Waals surface area contributed by atoms with Crippen LogP contribution in [0.5, 0.6) is 0 Å². The third-order valence-electron chi connectivity index (χ3n) is 3.09. The largest absolute Gasteiger partial charge is 0.447 e. The van der Waals surface area contributed by atoms with Crippen molar-refractivity contribution in [1.29, 1.82) is 0 Å². The number of likely N-dealkylation sites (N-methyl/N-ethyl adjacent to an activating group) is 1. The zero-order valence-corrected chi connectivity index (χ0v) is 11.6. The first-order valence-electron chi connectivity index (χ1n) is 6.18. The van der Waals surface area contributed by atoms with Crippen molar-refractivity contribution in [2.75, 3.05) is 13.2 Å². The van der Waals surface area contributed by atoms with Crippen LogP contribution in [0.2, 0.25) is 5.02 Å². The van der Waals surface area contributed by atoms with E-state index in [0.717, 1.165) is 0 Å². The van der Waals surface area contributed by atoms with E-state index in [1.54, 1.807) is 6.92 Å². The van der Waals surface area contributed by atoms with Crippen LogP contribution in [0.4, 0.5) is 9.18 Å². The molecule has 0 saturated carbocycles.